The fourth-order valence-corrected chi connectivity index (χ4v) is 5.03. The lowest BCUT2D eigenvalue weighted by Crippen LogP contribution is -2.60. The Morgan fingerprint density at radius 2 is 1.91 bits per heavy atom. The van der Waals surface area contributed by atoms with Crippen LogP contribution in [0.15, 0.2) is 30.3 Å². The molecule has 4 saturated heterocycles. The van der Waals surface area contributed by atoms with Crippen molar-refractivity contribution in [2.75, 3.05) is 33.4 Å². The Balaban J connectivity index is 1.63. The maximum absolute atomic E-state index is 12.7. The van der Waals surface area contributed by atoms with Crippen molar-refractivity contribution in [3.63, 3.8) is 0 Å². The SMILES string of the molecule is COCCC(=O)N1C[C@H](c2ccccc2)[C@@H]2[C@H]1C1CCN2CC1. The summed E-state index contributed by atoms with van der Waals surface area (Å²) in [4.78, 5) is 17.6. The number of fused-ring (bicyclic) bond motifs is 2. The second-order valence-electron chi connectivity index (χ2n) is 7.16. The predicted octanol–water partition coefficient (Wildman–Crippen LogP) is 2.11. The van der Waals surface area contributed by atoms with Crippen LogP contribution in [0.5, 0.6) is 0 Å². The number of carbonyl (C=O) groups excluding carboxylic acids is 1. The van der Waals surface area contributed by atoms with Gasteiger partial charge in [0.2, 0.25) is 5.91 Å². The summed E-state index contributed by atoms with van der Waals surface area (Å²) in [5.74, 6) is 1.41. The maximum atomic E-state index is 12.7. The molecule has 0 aliphatic carbocycles. The summed E-state index contributed by atoms with van der Waals surface area (Å²) >= 11 is 0. The third kappa shape index (κ3) is 2.58. The van der Waals surface area contributed by atoms with Crippen molar-refractivity contribution in [3.05, 3.63) is 35.9 Å². The van der Waals surface area contributed by atoms with Crippen LogP contribution < -0.4 is 0 Å². The number of hydrogen-bond acceptors (Lipinski definition) is 3. The van der Waals surface area contributed by atoms with E-state index >= 15 is 0 Å². The molecular weight excluding hydrogens is 288 g/mol. The number of carbonyl (C=O) groups is 1. The van der Waals surface area contributed by atoms with E-state index in [1.807, 2.05) is 0 Å². The standard InChI is InChI=1S/C19H26N2O2/c1-23-12-9-17(22)21-13-16(14-5-3-2-4-6-14)19-18(21)15-7-10-20(19)11-8-15/h2-6,15-16,18-19H,7-13H2,1H3/t16-,18-,19-/m1/s1. The molecule has 4 aliphatic heterocycles. The summed E-state index contributed by atoms with van der Waals surface area (Å²) in [6, 6.07) is 11.7. The van der Waals surface area contributed by atoms with Gasteiger partial charge in [0.1, 0.15) is 0 Å². The second kappa shape index (κ2) is 6.25. The van der Waals surface area contributed by atoms with Crippen molar-refractivity contribution in [1.82, 2.24) is 9.80 Å². The van der Waals surface area contributed by atoms with Gasteiger partial charge >= 0.3 is 0 Å². The molecule has 4 heterocycles. The number of likely N-dealkylation sites (tertiary alicyclic amines) is 1. The molecule has 4 nitrogen and oxygen atoms in total. The lowest BCUT2D eigenvalue weighted by atomic mass is 9.75. The number of rotatable bonds is 4. The van der Waals surface area contributed by atoms with Crippen molar-refractivity contribution < 1.29 is 9.53 Å². The minimum atomic E-state index is 0.272. The van der Waals surface area contributed by atoms with Gasteiger partial charge in [0.25, 0.3) is 0 Å². The number of piperidine rings is 3. The van der Waals surface area contributed by atoms with Crippen LogP contribution in [-0.2, 0) is 9.53 Å². The lowest BCUT2D eigenvalue weighted by molar-refractivity contribution is -0.136. The van der Waals surface area contributed by atoms with Crippen LogP contribution in [0.25, 0.3) is 0 Å². The molecule has 4 heteroatoms. The van der Waals surface area contributed by atoms with Crippen molar-refractivity contribution in [2.24, 2.45) is 5.92 Å². The van der Waals surface area contributed by atoms with E-state index in [-0.39, 0.29) is 5.91 Å². The van der Waals surface area contributed by atoms with Crippen LogP contribution in [0.1, 0.15) is 30.7 Å². The van der Waals surface area contributed by atoms with Crippen molar-refractivity contribution in [1.29, 1.82) is 0 Å². The van der Waals surface area contributed by atoms with Crippen molar-refractivity contribution >= 4 is 5.91 Å². The average molecular weight is 314 g/mol. The molecule has 0 radical (unpaired) electrons. The zero-order valence-corrected chi connectivity index (χ0v) is 13.9. The number of hydrogen-bond donors (Lipinski definition) is 0. The van der Waals surface area contributed by atoms with Crippen LogP contribution in [-0.4, -0.2) is 61.1 Å². The quantitative estimate of drug-likeness (QED) is 0.853. The Bertz CT molecular complexity index is 554. The summed E-state index contributed by atoms with van der Waals surface area (Å²) in [5.41, 5.74) is 1.39. The first-order valence-corrected chi connectivity index (χ1v) is 8.87. The van der Waals surface area contributed by atoms with Gasteiger partial charge in [-0.15, -0.1) is 0 Å². The van der Waals surface area contributed by atoms with E-state index in [9.17, 15) is 4.79 Å². The van der Waals surface area contributed by atoms with E-state index in [2.05, 4.69) is 40.1 Å². The molecule has 2 bridgehead atoms. The third-order valence-corrected chi connectivity index (χ3v) is 6.06. The zero-order valence-electron chi connectivity index (χ0n) is 13.9. The molecule has 124 valence electrons. The fraction of sp³-hybridized carbons (Fsp3) is 0.632. The van der Waals surface area contributed by atoms with Crippen molar-refractivity contribution in [2.45, 2.75) is 37.3 Å². The smallest absolute Gasteiger partial charge is 0.225 e. The number of methoxy groups -OCH3 is 1. The highest BCUT2D eigenvalue weighted by Crippen LogP contribution is 2.46. The summed E-state index contributed by atoms with van der Waals surface area (Å²) in [7, 11) is 1.67. The predicted molar refractivity (Wildman–Crippen MR) is 89.3 cm³/mol. The molecule has 0 unspecified atom stereocenters. The highest BCUT2D eigenvalue weighted by Gasteiger charge is 2.54. The molecule has 4 fully saturated rings. The highest BCUT2D eigenvalue weighted by atomic mass is 16.5. The molecule has 1 aromatic carbocycles. The highest BCUT2D eigenvalue weighted by molar-refractivity contribution is 5.77. The van der Waals surface area contributed by atoms with Gasteiger partial charge in [-0.3, -0.25) is 9.69 Å². The average Bonchev–Trinajstić information content (AvgIpc) is 3.04. The Kier molecular flexibility index (Phi) is 4.12. The lowest BCUT2D eigenvalue weighted by Gasteiger charge is -2.51. The molecule has 4 aliphatic rings. The first-order valence-electron chi connectivity index (χ1n) is 8.87. The molecule has 1 aromatic rings. The zero-order chi connectivity index (χ0) is 15.8. The summed E-state index contributed by atoms with van der Waals surface area (Å²) < 4.78 is 5.12. The number of benzene rings is 1. The van der Waals surface area contributed by atoms with Gasteiger partial charge in [-0.05, 0) is 37.4 Å². The largest absolute Gasteiger partial charge is 0.384 e. The van der Waals surface area contributed by atoms with E-state index in [1.54, 1.807) is 7.11 Å². The van der Waals surface area contributed by atoms with Gasteiger partial charge < -0.3 is 9.64 Å². The van der Waals surface area contributed by atoms with Gasteiger partial charge in [-0.2, -0.15) is 0 Å². The summed E-state index contributed by atoms with van der Waals surface area (Å²) in [6.45, 7) is 3.80. The molecule has 0 N–H and O–H groups in total. The first-order chi connectivity index (χ1) is 11.3. The van der Waals surface area contributed by atoms with E-state index in [1.165, 1.54) is 31.5 Å². The molecule has 0 aromatic heterocycles. The van der Waals surface area contributed by atoms with E-state index in [0.29, 0.717) is 36.9 Å². The van der Waals surface area contributed by atoms with Crippen LogP contribution >= 0.6 is 0 Å². The molecule has 0 saturated carbocycles. The second-order valence-corrected chi connectivity index (χ2v) is 7.16. The summed E-state index contributed by atoms with van der Waals surface area (Å²) in [5, 5.41) is 0. The maximum Gasteiger partial charge on any atom is 0.225 e. The molecule has 5 rings (SSSR count). The number of amides is 1. The molecule has 1 amide bonds. The van der Waals surface area contributed by atoms with Crippen LogP contribution in [0, 0.1) is 5.92 Å². The van der Waals surface area contributed by atoms with Crippen LogP contribution in [0.4, 0.5) is 0 Å². The van der Waals surface area contributed by atoms with Gasteiger partial charge in [-0.1, -0.05) is 30.3 Å². The van der Waals surface area contributed by atoms with E-state index < -0.39 is 0 Å². The Morgan fingerprint density at radius 1 is 1.17 bits per heavy atom. The van der Waals surface area contributed by atoms with Gasteiger partial charge in [0, 0.05) is 25.6 Å². The first kappa shape index (κ1) is 15.2. The molecule has 23 heavy (non-hydrogen) atoms. The molecule has 0 spiro atoms. The monoisotopic (exact) mass is 314 g/mol. The minimum absolute atomic E-state index is 0.272. The topological polar surface area (TPSA) is 32.8 Å². The molecule has 3 atom stereocenters. The van der Waals surface area contributed by atoms with Gasteiger partial charge in [0.15, 0.2) is 0 Å². The minimum Gasteiger partial charge on any atom is -0.384 e. The normalized spacial score (nSPS) is 35.3. The van der Waals surface area contributed by atoms with Crippen molar-refractivity contribution in [3.8, 4) is 0 Å². The summed E-state index contributed by atoms with van der Waals surface area (Å²) in [6.07, 6.45) is 3.00. The van der Waals surface area contributed by atoms with E-state index in [4.69, 9.17) is 4.74 Å². The Labute approximate surface area is 138 Å². The number of nitrogens with zero attached hydrogens (tertiary/aromatic N) is 2. The van der Waals surface area contributed by atoms with Gasteiger partial charge in [0.05, 0.1) is 19.1 Å². The van der Waals surface area contributed by atoms with Crippen LogP contribution in [0.2, 0.25) is 0 Å². The Hall–Kier alpha value is -1.39. The Morgan fingerprint density at radius 3 is 2.61 bits per heavy atom. The fourth-order valence-electron chi connectivity index (χ4n) is 5.03. The van der Waals surface area contributed by atoms with Gasteiger partial charge in [-0.25, -0.2) is 0 Å². The van der Waals surface area contributed by atoms with E-state index in [0.717, 1.165) is 6.54 Å². The van der Waals surface area contributed by atoms with Crippen LogP contribution in [0.3, 0.4) is 0 Å². The number of ether oxygens (including phenoxy) is 1. The molecular formula is C19H26N2O2. The third-order valence-electron chi connectivity index (χ3n) is 6.06.